The fourth-order valence-electron chi connectivity index (χ4n) is 2.69. The van der Waals surface area contributed by atoms with Crippen LogP contribution in [0.5, 0.6) is 0 Å². The van der Waals surface area contributed by atoms with E-state index >= 15 is 0 Å². The van der Waals surface area contributed by atoms with E-state index in [0.29, 0.717) is 21.8 Å². The Labute approximate surface area is 185 Å². The van der Waals surface area contributed by atoms with Gasteiger partial charge in [0.2, 0.25) is 0 Å². The summed E-state index contributed by atoms with van der Waals surface area (Å²) in [6.07, 6.45) is 1.57. The van der Waals surface area contributed by atoms with E-state index in [-0.39, 0.29) is 16.5 Å². The molecule has 3 rings (SSSR count). The van der Waals surface area contributed by atoms with Crippen molar-refractivity contribution in [2.24, 2.45) is 0 Å². The van der Waals surface area contributed by atoms with Crippen LogP contribution in [-0.2, 0) is 10.0 Å². The summed E-state index contributed by atoms with van der Waals surface area (Å²) in [5.41, 5.74) is 1.63. The summed E-state index contributed by atoms with van der Waals surface area (Å²) in [5, 5.41) is 3.79. The first-order valence-corrected chi connectivity index (χ1v) is 11.9. The maximum atomic E-state index is 12.9. The van der Waals surface area contributed by atoms with E-state index in [9.17, 15) is 13.2 Å². The van der Waals surface area contributed by atoms with E-state index in [2.05, 4.69) is 15.0 Å². The summed E-state index contributed by atoms with van der Waals surface area (Å²) in [7, 11) is -3.90. The van der Waals surface area contributed by atoms with Crippen LogP contribution in [0.3, 0.4) is 0 Å². The van der Waals surface area contributed by atoms with Crippen LogP contribution in [0.25, 0.3) is 0 Å². The highest BCUT2D eigenvalue weighted by Gasteiger charge is 2.19. The lowest BCUT2D eigenvalue weighted by atomic mass is 10.2. The van der Waals surface area contributed by atoms with Crippen LogP contribution in [0.2, 0.25) is 5.02 Å². The number of nitrogens with zero attached hydrogens (tertiary/aromatic N) is 1. The van der Waals surface area contributed by atoms with Crippen LogP contribution in [0.15, 0.2) is 70.7 Å². The molecule has 0 aliphatic carbocycles. The normalized spacial score (nSPS) is 11.2. The number of hydrogen-bond donors (Lipinski definition) is 2. The number of hydrogen-bond acceptors (Lipinski definition) is 5. The fraction of sp³-hybridized carbons (Fsp3) is 0.143. The minimum absolute atomic E-state index is 0.0529. The summed E-state index contributed by atoms with van der Waals surface area (Å²) >= 11 is 7.60. The minimum atomic E-state index is -3.90. The van der Waals surface area contributed by atoms with Crippen LogP contribution < -0.4 is 10.0 Å². The molecule has 0 spiro atoms. The Morgan fingerprint density at radius 2 is 1.90 bits per heavy atom. The Hall–Kier alpha value is -2.55. The van der Waals surface area contributed by atoms with Gasteiger partial charge in [-0.25, -0.2) is 13.4 Å². The molecule has 0 radical (unpaired) electrons. The van der Waals surface area contributed by atoms with Gasteiger partial charge >= 0.3 is 0 Å². The number of nitrogens with one attached hydrogen (secondary N) is 2. The third-order valence-corrected chi connectivity index (χ3v) is 6.79. The molecule has 0 aliphatic rings. The molecular formula is C21H20ClN3O3S2. The Morgan fingerprint density at radius 1 is 1.13 bits per heavy atom. The molecule has 6 nitrogen and oxygen atoms in total. The predicted molar refractivity (Wildman–Crippen MR) is 122 cm³/mol. The average molecular weight is 462 g/mol. The number of para-hydroxylation sites is 1. The zero-order valence-corrected chi connectivity index (χ0v) is 18.7. The fourth-order valence-corrected chi connectivity index (χ4v) is 4.92. The standard InChI is InChI=1S/C21H20ClN3O3S2/c1-3-29-20-12-15(10-11-23-20)21(26)24-16-9-8-14(2)19(13-16)30(27,28)25-18-7-5-4-6-17(18)22/h4-13,25H,3H2,1-2H3,(H,24,26). The van der Waals surface area contributed by atoms with Gasteiger partial charge in [-0.1, -0.05) is 36.7 Å². The maximum absolute atomic E-state index is 12.9. The molecule has 1 aromatic heterocycles. The van der Waals surface area contributed by atoms with Crippen molar-refractivity contribution >= 4 is 50.7 Å². The van der Waals surface area contributed by atoms with Crippen molar-refractivity contribution in [3.05, 3.63) is 76.9 Å². The molecule has 2 N–H and O–H groups in total. The van der Waals surface area contributed by atoms with Crippen molar-refractivity contribution < 1.29 is 13.2 Å². The lowest BCUT2D eigenvalue weighted by Crippen LogP contribution is -2.16. The van der Waals surface area contributed by atoms with Gasteiger partial charge in [-0.05, 0) is 54.6 Å². The van der Waals surface area contributed by atoms with Gasteiger partial charge in [0.25, 0.3) is 15.9 Å². The van der Waals surface area contributed by atoms with E-state index in [4.69, 9.17) is 11.6 Å². The number of sulfonamides is 1. The maximum Gasteiger partial charge on any atom is 0.262 e. The summed E-state index contributed by atoms with van der Waals surface area (Å²) in [5.74, 6) is 0.497. The Morgan fingerprint density at radius 3 is 2.63 bits per heavy atom. The van der Waals surface area contributed by atoms with Crippen molar-refractivity contribution in [2.75, 3.05) is 15.8 Å². The third kappa shape index (κ3) is 5.33. The molecule has 2 aromatic carbocycles. The number of halogens is 1. The topological polar surface area (TPSA) is 88.2 Å². The zero-order chi connectivity index (χ0) is 21.7. The second-order valence-corrected chi connectivity index (χ2v) is 9.68. The number of pyridine rings is 1. The van der Waals surface area contributed by atoms with E-state index in [1.807, 2.05) is 6.92 Å². The van der Waals surface area contributed by atoms with Gasteiger partial charge in [0.1, 0.15) is 0 Å². The highest BCUT2D eigenvalue weighted by Crippen LogP contribution is 2.27. The number of anilines is 2. The lowest BCUT2D eigenvalue weighted by Gasteiger charge is -2.13. The lowest BCUT2D eigenvalue weighted by molar-refractivity contribution is 0.102. The smallest absolute Gasteiger partial charge is 0.262 e. The van der Waals surface area contributed by atoms with Crippen LogP contribution >= 0.6 is 23.4 Å². The van der Waals surface area contributed by atoms with Crippen molar-refractivity contribution in [3.8, 4) is 0 Å². The molecule has 0 aliphatic heterocycles. The molecule has 0 unspecified atom stereocenters. The molecule has 156 valence electrons. The number of benzene rings is 2. The number of aromatic nitrogens is 1. The van der Waals surface area contributed by atoms with E-state index < -0.39 is 10.0 Å². The largest absolute Gasteiger partial charge is 0.322 e. The molecule has 0 atom stereocenters. The zero-order valence-electron chi connectivity index (χ0n) is 16.3. The van der Waals surface area contributed by atoms with Crippen LogP contribution in [0.1, 0.15) is 22.8 Å². The predicted octanol–water partition coefficient (Wildman–Crippen LogP) is 5.21. The summed E-state index contributed by atoms with van der Waals surface area (Å²) in [6, 6.07) is 14.6. The minimum Gasteiger partial charge on any atom is -0.322 e. The Kier molecular flexibility index (Phi) is 7.02. The van der Waals surface area contributed by atoms with E-state index in [0.717, 1.165) is 10.8 Å². The van der Waals surface area contributed by atoms with E-state index in [1.54, 1.807) is 61.7 Å². The van der Waals surface area contributed by atoms with Gasteiger partial charge in [0.15, 0.2) is 0 Å². The van der Waals surface area contributed by atoms with E-state index in [1.165, 1.54) is 17.8 Å². The molecule has 1 amide bonds. The van der Waals surface area contributed by atoms with Crippen molar-refractivity contribution in [3.63, 3.8) is 0 Å². The molecule has 1 heterocycles. The quantitative estimate of drug-likeness (QED) is 0.471. The summed E-state index contributed by atoms with van der Waals surface area (Å²) < 4.78 is 28.3. The number of rotatable bonds is 7. The van der Waals surface area contributed by atoms with Gasteiger partial charge < -0.3 is 5.32 Å². The molecular weight excluding hydrogens is 442 g/mol. The molecule has 0 saturated carbocycles. The molecule has 3 aromatic rings. The molecule has 0 fully saturated rings. The van der Waals surface area contributed by atoms with Crippen LogP contribution in [0.4, 0.5) is 11.4 Å². The molecule has 30 heavy (non-hydrogen) atoms. The van der Waals surface area contributed by atoms with Gasteiger partial charge in [0, 0.05) is 17.4 Å². The second kappa shape index (κ2) is 9.51. The number of aryl methyl sites for hydroxylation is 1. The second-order valence-electron chi connectivity index (χ2n) is 6.34. The van der Waals surface area contributed by atoms with Gasteiger partial charge in [-0.3, -0.25) is 9.52 Å². The monoisotopic (exact) mass is 461 g/mol. The number of thioether (sulfide) groups is 1. The van der Waals surface area contributed by atoms with Crippen LogP contribution in [-0.4, -0.2) is 25.1 Å². The first kappa shape index (κ1) is 22.1. The van der Waals surface area contributed by atoms with Crippen molar-refractivity contribution in [1.29, 1.82) is 0 Å². The highest BCUT2D eigenvalue weighted by atomic mass is 35.5. The Bertz CT molecular complexity index is 1180. The third-order valence-electron chi connectivity index (χ3n) is 4.14. The van der Waals surface area contributed by atoms with Crippen molar-refractivity contribution in [2.45, 2.75) is 23.8 Å². The molecule has 0 saturated heterocycles. The SMILES string of the molecule is CCSc1cc(C(=O)Nc2ccc(C)c(S(=O)(=O)Nc3ccccc3Cl)c2)ccn1. The Balaban J connectivity index is 1.85. The summed E-state index contributed by atoms with van der Waals surface area (Å²) in [4.78, 5) is 16.9. The molecule has 9 heteroatoms. The number of carbonyl (C=O) groups excluding carboxylic acids is 1. The number of amides is 1. The summed E-state index contributed by atoms with van der Waals surface area (Å²) in [6.45, 7) is 3.69. The van der Waals surface area contributed by atoms with Gasteiger partial charge in [-0.2, -0.15) is 0 Å². The average Bonchev–Trinajstić information content (AvgIpc) is 2.71. The van der Waals surface area contributed by atoms with Crippen LogP contribution in [0, 0.1) is 6.92 Å². The van der Waals surface area contributed by atoms with Gasteiger partial charge in [0.05, 0.1) is 20.6 Å². The number of carbonyl (C=O) groups is 1. The first-order chi connectivity index (χ1) is 14.3. The van der Waals surface area contributed by atoms with Gasteiger partial charge in [-0.15, -0.1) is 11.8 Å². The molecule has 0 bridgehead atoms. The van der Waals surface area contributed by atoms with Crippen molar-refractivity contribution in [1.82, 2.24) is 4.98 Å². The first-order valence-electron chi connectivity index (χ1n) is 9.08. The highest BCUT2D eigenvalue weighted by molar-refractivity contribution is 7.99.